The van der Waals surface area contributed by atoms with Crippen LogP contribution >= 0.6 is 0 Å². The van der Waals surface area contributed by atoms with Gasteiger partial charge in [0.05, 0.1) is 25.6 Å². The number of hydrogen-bond donors (Lipinski definition) is 2. The van der Waals surface area contributed by atoms with Crippen molar-refractivity contribution in [3.8, 4) is 0 Å². The summed E-state index contributed by atoms with van der Waals surface area (Å²) >= 11 is 0. The van der Waals surface area contributed by atoms with Crippen LogP contribution in [0.15, 0.2) is 12.3 Å². The average molecular weight is 251 g/mol. The maximum Gasteiger partial charge on any atom is 0.341 e. The molecule has 1 aliphatic rings. The fourth-order valence-electron chi connectivity index (χ4n) is 1.92. The van der Waals surface area contributed by atoms with Crippen molar-refractivity contribution in [1.82, 2.24) is 4.98 Å². The van der Waals surface area contributed by atoms with Crippen molar-refractivity contribution in [1.29, 1.82) is 0 Å². The van der Waals surface area contributed by atoms with Gasteiger partial charge in [-0.15, -0.1) is 0 Å². The predicted octanol–water partition coefficient (Wildman–Crippen LogP) is 0.411. The van der Waals surface area contributed by atoms with E-state index in [2.05, 4.69) is 4.98 Å². The van der Waals surface area contributed by atoms with Gasteiger partial charge in [0, 0.05) is 12.6 Å². The number of aromatic nitrogens is 1. The van der Waals surface area contributed by atoms with Crippen molar-refractivity contribution < 1.29 is 14.6 Å². The number of esters is 1. The molecule has 0 radical (unpaired) electrons. The maximum absolute atomic E-state index is 11.7. The zero-order chi connectivity index (χ0) is 13.1. The molecule has 0 atom stereocenters. The molecule has 3 N–H and O–H groups in total. The number of rotatable bonds is 5. The Morgan fingerprint density at radius 3 is 2.94 bits per heavy atom. The summed E-state index contributed by atoms with van der Waals surface area (Å²) in [4.78, 5) is 17.9. The summed E-state index contributed by atoms with van der Waals surface area (Å²) in [5, 5.41) is 9.11. The first-order valence-electron chi connectivity index (χ1n) is 5.88. The molecule has 0 bridgehead atoms. The van der Waals surface area contributed by atoms with Gasteiger partial charge < -0.3 is 20.5 Å². The Morgan fingerprint density at radius 1 is 1.67 bits per heavy atom. The fraction of sp³-hybridized carbons (Fsp3) is 0.500. The van der Waals surface area contributed by atoms with E-state index in [1.54, 1.807) is 6.07 Å². The van der Waals surface area contributed by atoms with E-state index in [1.165, 1.54) is 13.3 Å². The summed E-state index contributed by atoms with van der Waals surface area (Å²) in [6, 6.07) is 1.90. The van der Waals surface area contributed by atoms with Crippen molar-refractivity contribution >= 4 is 17.5 Å². The standard InChI is InChI=1S/C12H17N3O3/c1-18-12(17)10-6-8(13)7-14-11(10)15(4-5-16)9-2-3-9/h6-7,9,16H,2-5,13H2,1H3. The minimum absolute atomic E-state index is 0.0170. The largest absolute Gasteiger partial charge is 0.465 e. The first-order chi connectivity index (χ1) is 8.67. The van der Waals surface area contributed by atoms with Gasteiger partial charge in [-0.1, -0.05) is 0 Å². The molecule has 98 valence electrons. The zero-order valence-corrected chi connectivity index (χ0v) is 10.3. The van der Waals surface area contributed by atoms with E-state index in [0.29, 0.717) is 29.7 Å². The Kier molecular flexibility index (Phi) is 3.66. The van der Waals surface area contributed by atoms with Gasteiger partial charge in [-0.2, -0.15) is 0 Å². The van der Waals surface area contributed by atoms with Crippen LogP contribution in [-0.4, -0.2) is 42.4 Å². The molecule has 1 fully saturated rings. The zero-order valence-electron chi connectivity index (χ0n) is 10.3. The predicted molar refractivity (Wildman–Crippen MR) is 67.4 cm³/mol. The highest BCUT2D eigenvalue weighted by molar-refractivity contribution is 5.95. The van der Waals surface area contributed by atoms with Crippen molar-refractivity contribution in [3.05, 3.63) is 17.8 Å². The molecule has 1 aromatic heterocycles. The molecule has 6 heteroatoms. The molecule has 0 aliphatic heterocycles. The molecular weight excluding hydrogens is 234 g/mol. The van der Waals surface area contributed by atoms with Crippen LogP contribution in [0.4, 0.5) is 11.5 Å². The normalized spacial score (nSPS) is 14.3. The fourth-order valence-corrected chi connectivity index (χ4v) is 1.92. The van der Waals surface area contributed by atoms with Crippen LogP contribution in [-0.2, 0) is 4.74 Å². The van der Waals surface area contributed by atoms with Crippen molar-refractivity contribution in [2.75, 3.05) is 30.9 Å². The van der Waals surface area contributed by atoms with E-state index in [9.17, 15) is 4.79 Å². The van der Waals surface area contributed by atoms with Crippen LogP contribution in [0, 0.1) is 0 Å². The van der Waals surface area contributed by atoms with E-state index in [1.807, 2.05) is 4.90 Å². The van der Waals surface area contributed by atoms with Gasteiger partial charge in [-0.05, 0) is 18.9 Å². The highest BCUT2D eigenvalue weighted by Gasteiger charge is 2.32. The number of aliphatic hydroxyl groups excluding tert-OH is 1. The smallest absolute Gasteiger partial charge is 0.341 e. The minimum atomic E-state index is -0.464. The van der Waals surface area contributed by atoms with Crippen LogP contribution in [0.5, 0.6) is 0 Å². The number of nitrogens with two attached hydrogens (primary N) is 1. The second kappa shape index (κ2) is 5.22. The topological polar surface area (TPSA) is 88.7 Å². The van der Waals surface area contributed by atoms with Crippen molar-refractivity contribution in [2.45, 2.75) is 18.9 Å². The van der Waals surface area contributed by atoms with Gasteiger partial charge in [0.15, 0.2) is 0 Å². The second-order valence-electron chi connectivity index (χ2n) is 4.28. The monoisotopic (exact) mass is 251 g/mol. The molecule has 0 saturated heterocycles. The molecule has 6 nitrogen and oxygen atoms in total. The van der Waals surface area contributed by atoms with Gasteiger partial charge >= 0.3 is 5.97 Å². The van der Waals surface area contributed by atoms with Crippen molar-refractivity contribution in [2.24, 2.45) is 0 Å². The van der Waals surface area contributed by atoms with E-state index < -0.39 is 5.97 Å². The summed E-state index contributed by atoms with van der Waals surface area (Å²) in [5.41, 5.74) is 6.41. The molecule has 2 rings (SSSR count). The van der Waals surface area contributed by atoms with E-state index in [-0.39, 0.29) is 6.61 Å². The number of pyridine rings is 1. The van der Waals surface area contributed by atoms with Gasteiger partial charge in [-0.25, -0.2) is 9.78 Å². The number of carbonyl (C=O) groups excluding carboxylic acids is 1. The third-order valence-electron chi connectivity index (χ3n) is 2.89. The molecule has 18 heavy (non-hydrogen) atoms. The van der Waals surface area contributed by atoms with Gasteiger partial charge in [-0.3, -0.25) is 0 Å². The third-order valence-corrected chi connectivity index (χ3v) is 2.89. The van der Waals surface area contributed by atoms with Gasteiger partial charge in [0.25, 0.3) is 0 Å². The number of aliphatic hydroxyl groups is 1. The lowest BCUT2D eigenvalue weighted by Crippen LogP contribution is -2.31. The number of anilines is 2. The molecule has 0 unspecified atom stereocenters. The lowest BCUT2D eigenvalue weighted by atomic mass is 10.2. The maximum atomic E-state index is 11.7. The molecule has 0 amide bonds. The number of nitrogens with zero attached hydrogens (tertiary/aromatic N) is 2. The number of ether oxygens (including phenoxy) is 1. The van der Waals surface area contributed by atoms with Crippen LogP contribution in [0.3, 0.4) is 0 Å². The molecular formula is C12H17N3O3. The number of methoxy groups -OCH3 is 1. The highest BCUT2D eigenvalue weighted by atomic mass is 16.5. The Morgan fingerprint density at radius 2 is 2.39 bits per heavy atom. The van der Waals surface area contributed by atoms with E-state index in [0.717, 1.165) is 12.8 Å². The summed E-state index contributed by atoms with van der Waals surface area (Å²) in [5.74, 6) is 0.0704. The first kappa shape index (κ1) is 12.6. The Labute approximate surface area is 105 Å². The lowest BCUT2D eigenvalue weighted by Gasteiger charge is -2.24. The molecule has 0 spiro atoms. The number of hydrogen-bond acceptors (Lipinski definition) is 6. The quantitative estimate of drug-likeness (QED) is 0.737. The van der Waals surface area contributed by atoms with Crippen LogP contribution in [0.25, 0.3) is 0 Å². The number of carbonyl (C=O) groups is 1. The van der Waals surface area contributed by atoms with Gasteiger partial charge in [0.1, 0.15) is 11.4 Å². The van der Waals surface area contributed by atoms with Crippen LogP contribution < -0.4 is 10.6 Å². The Hall–Kier alpha value is -1.82. The van der Waals surface area contributed by atoms with E-state index >= 15 is 0 Å². The highest BCUT2D eigenvalue weighted by Crippen LogP contribution is 2.32. The SMILES string of the molecule is COC(=O)c1cc(N)cnc1N(CCO)C1CC1. The lowest BCUT2D eigenvalue weighted by molar-refractivity contribution is 0.0601. The summed E-state index contributed by atoms with van der Waals surface area (Å²) < 4.78 is 4.74. The van der Waals surface area contributed by atoms with Crippen LogP contribution in [0.2, 0.25) is 0 Å². The van der Waals surface area contributed by atoms with Gasteiger partial charge in [0.2, 0.25) is 0 Å². The number of nitrogen functional groups attached to an aromatic ring is 1. The molecule has 1 aromatic rings. The van der Waals surface area contributed by atoms with Crippen LogP contribution in [0.1, 0.15) is 23.2 Å². The van der Waals surface area contributed by atoms with E-state index in [4.69, 9.17) is 15.6 Å². The first-order valence-corrected chi connectivity index (χ1v) is 5.88. The minimum Gasteiger partial charge on any atom is -0.465 e. The summed E-state index contributed by atoms with van der Waals surface area (Å²) in [6.45, 7) is 0.467. The average Bonchev–Trinajstić information content (AvgIpc) is 3.19. The molecule has 1 heterocycles. The summed E-state index contributed by atoms with van der Waals surface area (Å²) in [6.07, 6.45) is 3.61. The summed E-state index contributed by atoms with van der Waals surface area (Å²) in [7, 11) is 1.32. The molecule has 0 aromatic carbocycles. The van der Waals surface area contributed by atoms with Crippen molar-refractivity contribution in [3.63, 3.8) is 0 Å². The Balaban J connectivity index is 2.37. The Bertz CT molecular complexity index is 446. The molecule has 1 saturated carbocycles. The second-order valence-corrected chi connectivity index (χ2v) is 4.28. The molecule has 1 aliphatic carbocycles. The third kappa shape index (κ3) is 2.53.